The summed E-state index contributed by atoms with van der Waals surface area (Å²) in [5, 5.41) is 22.7. The molecule has 0 aromatic rings. The first-order valence-electron chi connectivity index (χ1n) is 7.56. The molecule has 0 unspecified atom stereocenters. The predicted molar refractivity (Wildman–Crippen MR) is 77.8 cm³/mol. The van der Waals surface area contributed by atoms with Crippen molar-refractivity contribution in [3.05, 3.63) is 0 Å². The summed E-state index contributed by atoms with van der Waals surface area (Å²) >= 11 is 0. The normalized spacial score (nSPS) is 30.5. The number of alkyl carbamates (subject to hydrolysis) is 1. The topological polar surface area (TPSA) is 86.5 Å². The number of aliphatic hydroxyl groups is 1. The summed E-state index contributed by atoms with van der Waals surface area (Å²) in [5.74, 6) is 0.139. The van der Waals surface area contributed by atoms with Crippen LogP contribution in [0.3, 0.4) is 0 Å². The van der Waals surface area contributed by atoms with Crippen LogP contribution in [0, 0.1) is 5.92 Å². The van der Waals surface area contributed by atoms with Crippen LogP contribution >= 0.6 is 0 Å². The molecule has 1 aliphatic heterocycles. The zero-order valence-electron chi connectivity index (χ0n) is 13.2. The van der Waals surface area contributed by atoms with E-state index in [1.165, 1.54) is 0 Å². The molecule has 7 heteroatoms. The minimum absolute atomic E-state index is 0.131. The first-order valence-corrected chi connectivity index (χ1v) is 7.56. The largest absolute Gasteiger partial charge is 0.444 e. The second-order valence-electron chi connectivity index (χ2n) is 7.00. The third-order valence-corrected chi connectivity index (χ3v) is 3.85. The summed E-state index contributed by atoms with van der Waals surface area (Å²) in [6.07, 6.45) is 0.936. The minimum Gasteiger partial charge on any atom is -0.444 e. The van der Waals surface area contributed by atoms with Gasteiger partial charge in [0.1, 0.15) is 5.60 Å². The van der Waals surface area contributed by atoms with Crippen LogP contribution < -0.4 is 5.32 Å². The SMILES string of the molecule is C[C@@H](O)[C@@H]1CN=NN([C@H]2C[C@H](NC(=O)OC(C)(C)C)C2)C1. The van der Waals surface area contributed by atoms with Gasteiger partial charge in [-0.2, -0.15) is 5.11 Å². The van der Waals surface area contributed by atoms with Gasteiger partial charge in [0.2, 0.25) is 0 Å². The molecule has 7 nitrogen and oxygen atoms in total. The van der Waals surface area contributed by atoms with E-state index in [0.29, 0.717) is 6.54 Å². The Morgan fingerprint density at radius 2 is 2.10 bits per heavy atom. The Kier molecular flexibility index (Phi) is 4.70. The van der Waals surface area contributed by atoms with E-state index in [9.17, 15) is 9.90 Å². The molecule has 2 N–H and O–H groups in total. The standard InChI is InChI=1S/C14H26N4O3/c1-9(19)10-7-15-17-18(8-10)12-5-11(6-12)16-13(20)21-14(2,3)4/h9-12,19H,5-8H2,1-4H3,(H,16,20)/t9-,10-,11-,12-/m1/s1. The van der Waals surface area contributed by atoms with Crippen molar-refractivity contribution in [2.45, 2.75) is 64.3 Å². The first-order chi connectivity index (χ1) is 9.74. The van der Waals surface area contributed by atoms with Crippen LogP contribution in [0.2, 0.25) is 0 Å². The van der Waals surface area contributed by atoms with Gasteiger partial charge in [0.25, 0.3) is 0 Å². The van der Waals surface area contributed by atoms with Crippen molar-refractivity contribution in [2.75, 3.05) is 13.1 Å². The van der Waals surface area contributed by atoms with Crippen LogP contribution in [0.5, 0.6) is 0 Å². The molecule has 0 aromatic heterocycles. The number of carbonyl (C=O) groups is 1. The molecule has 1 heterocycles. The highest BCUT2D eigenvalue weighted by atomic mass is 16.6. The number of amides is 1. The highest BCUT2D eigenvalue weighted by Crippen LogP contribution is 2.29. The lowest BCUT2D eigenvalue weighted by Crippen LogP contribution is -2.55. The Morgan fingerprint density at radius 1 is 1.43 bits per heavy atom. The van der Waals surface area contributed by atoms with Gasteiger partial charge in [0.05, 0.1) is 18.7 Å². The van der Waals surface area contributed by atoms with Crippen molar-refractivity contribution in [2.24, 2.45) is 16.3 Å². The van der Waals surface area contributed by atoms with Crippen molar-refractivity contribution in [3.63, 3.8) is 0 Å². The van der Waals surface area contributed by atoms with Gasteiger partial charge in [-0.3, -0.25) is 5.01 Å². The third kappa shape index (κ3) is 4.56. The number of hydrogen-bond acceptors (Lipinski definition) is 6. The summed E-state index contributed by atoms with van der Waals surface area (Å²) < 4.78 is 5.23. The van der Waals surface area contributed by atoms with Gasteiger partial charge in [-0.15, -0.1) is 0 Å². The molecule has 0 aromatic carbocycles. The molecular formula is C14H26N4O3. The summed E-state index contributed by atoms with van der Waals surface area (Å²) in [5.41, 5.74) is -0.473. The maximum atomic E-state index is 11.7. The lowest BCUT2D eigenvalue weighted by Gasteiger charge is -2.43. The minimum atomic E-state index is -0.473. The van der Waals surface area contributed by atoms with Crippen LogP contribution in [-0.2, 0) is 4.74 Å². The van der Waals surface area contributed by atoms with Gasteiger partial charge in [-0.25, -0.2) is 4.79 Å². The Balaban J connectivity index is 1.73. The zero-order valence-corrected chi connectivity index (χ0v) is 13.2. The van der Waals surface area contributed by atoms with E-state index in [1.54, 1.807) is 6.92 Å². The van der Waals surface area contributed by atoms with E-state index in [1.807, 2.05) is 25.8 Å². The number of aliphatic hydroxyl groups excluding tert-OH is 1. The third-order valence-electron chi connectivity index (χ3n) is 3.85. The van der Waals surface area contributed by atoms with Crippen LogP contribution in [0.4, 0.5) is 4.79 Å². The Morgan fingerprint density at radius 3 is 2.67 bits per heavy atom. The van der Waals surface area contributed by atoms with Crippen molar-refractivity contribution < 1.29 is 14.6 Å². The number of nitrogens with zero attached hydrogens (tertiary/aromatic N) is 3. The first kappa shape index (κ1) is 16.0. The quantitative estimate of drug-likeness (QED) is 0.830. The molecular weight excluding hydrogens is 272 g/mol. The Labute approximate surface area is 125 Å². The molecule has 0 saturated heterocycles. The number of ether oxygens (including phenoxy) is 1. The molecule has 1 aliphatic carbocycles. The zero-order chi connectivity index (χ0) is 15.6. The van der Waals surface area contributed by atoms with Crippen LogP contribution in [0.25, 0.3) is 0 Å². The number of nitrogens with one attached hydrogen (secondary N) is 1. The number of hydrogen-bond donors (Lipinski definition) is 2. The van der Waals surface area contributed by atoms with Crippen molar-refractivity contribution >= 4 is 6.09 Å². The van der Waals surface area contributed by atoms with E-state index in [2.05, 4.69) is 15.7 Å². The van der Waals surface area contributed by atoms with Crippen molar-refractivity contribution in [1.29, 1.82) is 0 Å². The molecule has 0 radical (unpaired) electrons. The smallest absolute Gasteiger partial charge is 0.407 e. The van der Waals surface area contributed by atoms with Crippen LogP contribution in [-0.4, -0.2) is 53.1 Å². The molecule has 21 heavy (non-hydrogen) atoms. The van der Waals surface area contributed by atoms with E-state index < -0.39 is 5.60 Å². The molecule has 120 valence electrons. The summed E-state index contributed by atoms with van der Waals surface area (Å²) in [6.45, 7) is 8.64. The molecule has 0 bridgehead atoms. The fourth-order valence-corrected chi connectivity index (χ4v) is 2.51. The average Bonchev–Trinajstić information content (AvgIpc) is 2.31. The second-order valence-corrected chi connectivity index (χ2v) is 7.00. The van der Waals surface area contributed by atoms with Gasteiger partial charge < -0.3 is 15.2 Å². The predicted octanol–water partition coefficient (Wildman–Crippen LogP) is 1.72. The van der Waals surface area contributed by atoms with Gasteiger partial charge in [0.15, 0.2) is 0 Å². The van der Waals surface area contributed by atoms with E-state index in [4.69, 9.17) is 4.74 Å². The van der Waals surface area contributed by atoms with Crippen LogP contribution in [0.15, 0.2) is 10.3 Å². The molecule has 2 aliphatic rings. The highest BCUT2D eigenvalue weighted by molar-refractivity contribution is 5.68. The van der Waals surface area contributed by atoms with Crippen molar-refractivity contribution in [3.8, 4) is 0 Å². The molecule has 1 amide bonds. The van der Waals surface area contributed by atoms with Gasteiger partial charge >= 0.3 is 6.09 Å². The Bertz CT molecular complexity index is 400. The molecule has 1 saturated carbocycles. The van der Waals surface area contributed by atoms with Gasteiger partial charge in [-0.1, -0.05) is 5.22 Å². The average molecular weight is 298 g/mol. The van der Waals surface area contributed by atoms with Crippen molar-refractivity contribution in [1.82, 2.24) is 10.3 Å². The monoisotopic (exact) mass is 298 g/mol. The van der Waals surface area contributed by atoms with E-state index >= 15 is 0 Å². The molecule has 1 fully saturated rings. The number of carbonyl (C=O) groups excluding carboxylic acids is 1. The fourth-order valence-electron chi connectivity index (χ4n) is 2.51. The van der Waals surface area contributed by atoms with E-state index in [-0.39, 0.29) is 30.2 Å². The van der Waals surface area contributed by atoms with Gasteiger partial charge in [0, 0.05) is 18.5 Å². The molecule has 2 rings (SSSR count). The maximum Gasteiger partial charge on any atom is 0.407 e. The lowest BCUT2D eigenvalue weighted by atomic mass is 9.85. The lowest BCUT2D eigenvalue weighted by molar-refractivity contribution is 0.0166. The van der Waals surface area contributed by atoms with Gasteiger partial charge in [-0.05, 0) is 40.5 Å². The fraction of sp³-hybridized carbons (Fsp3) is 0.929. The maximum absolute atomic E-state index is 11.7. The summed E-state index contributed by atoms with van der Waals surface area (Å²) in [4.78, 5) is 11.7. The molecule has 2 atom stereocenters. The molecule has 0 spiro atoms. The highest BCUT2D eigenvalue weighted by Gasteiger charge is 2.37. The summed E-state index contributed by atoms with van der Waals surface area (Å²) in [6, 6.07) is 0.419. The number of rotatable bonds is 3. The summed E-state index contributed by atoms with van der Waals surface area (Å²) in [7, 11) is 0. The second kappa shape index (κ2) is 6.17. The van der Waals surface area contributed by atoms with Crippen LogP contribution in [0.1, 0.15) is 40.5 Å². The Hall–Kier alpha value is -1.37. The van der Waals surface area contributed by atoms with E-state index in [0.717, 1.165) is 19.4 Å².